The van der Waals surface area contributed by atoms with Gasteiger partial charge in [-0.1, -0.05) is 12.1 Å². The van der Waals surface area contributed by atoms with Crippen LogP contribution < -0.4 is 10.1 Å². The minimum atomic E-state index is -0.279. The lowest BCUT2D eigenvalue weighted by Gasteiger charge is -2.17. The summed E-state index contributed by atoms with van der Waals surface area (Å²) in [5.74, 6) is 1.01. The zero-order valence-electron chi connectivity index (χ0n) is 16.0. The first kappa shape index (κ1) is 18.6. The second-order valence-corrected chi connectivity index (χ2v) is 6.51. The smallest absolute Gasteiger partial charge is 0.314 e. The van der Waals surface area contributed by atoms with Crippen molar-refractivity contribution in [2.24, 2.45) is 7.05 Å². The highest BCUT2D eigenvalue weighted by Crippen LogP contribution is 2.20. The standard InChI is InChI=1S/C18H23N7O2/c1-11(2)25-10-19-22-16(25)12(3)20-17(26)14-8-6-7-13(9-14)15-21-18(27-5)24(4)23-15/h6-12H,1-5H3,(H,20,26). The Kier molecular flexibility index (Phi) is 5.20. The molecule has 1 aromatic carbocycles. The van der Waals surface area contributed by atoms with Gasteiger partial charge in [0.2, 0.25) is 0 Å². The average Bonchev–Trinajstić information content (AvgIpc) is 3.28. The number of nitrogens with one attached hydrogen (secondary N) is 1. The molecule has 0 bridgehead atoms. The van der Waals surface area contributed by atoms with Crippen LogP contribution in [0.3, 0.4) is 0 Å². The lowest BCUT2D eigenvalue weighted by molar-refractivity contribution is 0.0937. The Morgan fingerprint density at radius 1 is 1.26 bits per heavy atom. The third-order valence-corrected chi connectivity index (χ3v) is 4.18. The van der Waals surface area contributed by atoms with Crippen LogP contribution >= 0.6 is 0 Å². The van der Waals surface area contributed by atoms with Gasteiger partial charge in [0.1, 0.15) is 6.33 Å². The fraction of sp³-hybridized carbons (Fsp3) is 0.389. The molecule has 3 aromatic rings. The molecule has 0 saturated carbocycles. The predicted octanol–water partition coefficient (Wildman–Crippen LogP) is 2.15. The van der Waals surface area contributed by atoms with Crippen molar-refractivity contribution in [3.05, 3.63) is 42.0 Å². The highest BCUT2D eigenvalue weighted by atomic mass is 16.5. The number of methoxy groups -OCH3 is 1. The van der Waals surface area contributed by atoms with E-state index in [2.05, 4.69) is 25.6 Å². The molecule has 0 saturated heterocycles. The van der Waals surface area contributed by atoms with Crippen molar-refractivity contribution >= 4 is 5.91 Å². The molecule has 9 heteroatoms. The molecule has 0 aliphatic carbocycles. The largest absolute Gasteiger partial charge is 0.467 e. The number of hydrogen-bond donors (Lipinski definition) is 1. The second-order valence-electron chi connectivity index (χ2n) is 6.51. The van der Waals surface area contributed by atoms with Crippen molar-refractivity contribution in [1.82, 2.24) is 34.8 Å². The molecule has 0 fully saturated rings. The quantitative estimate of drug-likeness (QED) is 0.715. The van der Waals surface area contributed by atoms with Crippen LogP contribution in [0.2, 0.25) is 0 Å². The number of hydrogen-bond acceptors (Lipinski definition) is 6. The van der Waals surface area contributed by atoms with Gasteiger partial charge in [-0.15, -0.1) is 15.3 Å². The van der Waals surface area contributed by atoms with Gasteiger partial charge in [0, 0.05) is 24.2 Å². The van der Waals surface area contributed by atoms with Gasteiger partial charge >= 0.3 is 6.01 Å². The molecular formula is C18H23N7O2. The van der Waals surface area contributed by atoms with Crippen LogP contribution in [0.1, 0.15) is 49.0 Å². The third-order valence-electron chi connectivity index (χ3n) is 4.18. The van der Waals surface area contributed by atoms with E-state index in [4.69, 9.17) is 4.74 Å². The molecule has 0 spiro atoms. The number of carbonyl (C=O) groups excluding carboxylic acids is 1. The fourth-order valence-electron chi connectivity index (χ4n) is 2.77. The fourth-order valence-corrected chi connectivity index (χ4v) is 2.77. The van der Waals surface area contributed by atoms with E-state index in [1.165, 1.54) is 7.11 Å². The first-order valence-corrected chi connectivity index (χ1v) is 8.66. The minimum absolute atomic E-state index is 0.203. The predicted molar refractivity (Wildman–Crippen MR) is 99.3 cm³/mol. The normalized spacial score (nSPS) is 12.2. The Balaban J connectivity index is 1.80. The summed E-state index contributed by atoms with van der Waals surface area (Å²) in [4.78, 5) is 17.0. The highest BCUT2D eigenvalue weighted by molar-refractivity contribution is 5.95. The lowest BCUT2D eigenvalue weighted by atomic mass is 10.1. The zero-order valence-corrected chi connectivity index (χ0v) is 16.0. The topological polar surface area (TPSA) is 99.8 Å². The van der Waals surface area contributed by atoms with E-state index in [1.807, 2.05) is 31.4 Å². The van der Waals surface area contributed by atoms with E-state index in [0.717, 1.165) is 5.56 Å². The summed E-state index contributed by atoms with van der Waals surface area (Å²) in [5, 5.41) is 15.4. The molecular weight excluding hydrogens is 346 g/mol. The lowest BCUT2D eigenvalue weighted by Crippen LogP contribution is -2.29. The van der Waals surface area contributed by atoms with E-state index in [0.29, 0.717) is 23.2 Å². The van der Waals surface area contributed by atoms with Crippen LogP contribution in [-0.2, 0) is 7.05 Å². The van der Waals surface area contributed by atoms with E-state index in [-0.39, 0.29) is 18.0 Å². The molecule has 1 atom stereocenters. The van der Waals surface area contributed by atoms with E-state index >= 15 is 0 Å². The van der Waals surface area contributed by atoms with E-state index in [1.54, 1.807) is 36.3 Å². The van der Waals surface area contributed by atoms with E-state index < -0.39 is 0 Å². The SMILES string of the molecule is COc1nc(-c2cccc(C(=O)NC(C)c3nncn3C(C)C)c2)nn1C. The molecule has 1 N–H and O–H groups in total. The summed E-state index contributed by atoms with van der Waals surface area (Å²) in [6.07, 6.45) is 1.67. The monoisotopic (exact) mass is 369 g/mol. The summed E-state index contributed by atoms with van der Waals surface area (Å²) in [5.41, 5.74) is 1.25. The maximum Gasteiger partial charge on any atom is 0.314 e. The van der Waals surface area contributed by atoms with Gasteiger partial charge in [-0.3, -0.25) is 4.79 Å². The molecule has 0 aliphatic heterocycles. The molecule has 2 heterocycles. The number of rotatable bonds is 6. The zero-order chi connectivity index (χ0) is 19.6. The van der Waals surface area contributed by atoms with Crippen molar-refractivity contribution < 1.29 is 9.53 Å². The van der Waals surface area contributed by atoms with Crippen molar-refractivity contribution in [2.45, 2.75) is 32.9 Å². The minimum Gasteiger partial charge on any atom is -0.467 e. The summed E-state index contributed by atoms with van der Waals surface area (Å²) in [6.45, 7) is 5.97. The Hall–Kier alpha value is -3.23. The second kappa shape index (κ2) is 7.56. The van der Waals surface area contributed by atoms with Gasteiger partial charge < -0.3 is 14.6 Å². The first-order chi connectivity index (χ1) is 12.9. The van der Waals surface area contributed by atoms with E-state index in [9.17, 15) is 4.79 Å². The molecule has 9 nitrogen and oxygen atoms in total. The van der Waals surface area contributed by atoms with Crippen molar-refractivity contribution in [3.63, 3.8) is 0 Å². The molecule has 1 unspecified atom stereocenters. The summed E-state index contributed by atoms with van der Waals surface area (Å²) >= 11 is 0. The number of benzene rings is 1. The molecule has 3 rings (SSSR count). The van der Waals surface area contributed by atoms with Crippen LogP contribution in [-0.4, -0.2) is 42.5 Å². The maximum atomic E-state index is 12.7. The number of nitrogens with zero attached hydrogens (tertiary/aromatic N) is 6. The van der Waals surface area contributed by atoms with Gasteiger partial charge in [-0.2, -0.15) is 4.98 Å². The first-order valence-electron chi connectivity index (χ1n) is 8.66. The van der Waals surface area contributed by atoms with Crippen molar-refractivity contribution in [3.8, 4) is 17.4 Å². The Bertz CT molecular complexity index is 945. The Morgan fingerprint density at radius 2 is 2.04 bits per heavy atom. The van der Waals surface area contributed by atoms with Crippen LogP contribution in [0.5, 0.6) is 6.01 Å². The number of aryl methyl sites for hydroxylation is 1. The maximum absolute atomic E-state index is 12.7. The van der Waals surface area contributed by atoms with Crippen molar-refractivity contribution in [1.29, 1.82) is 0 Å². The van der Waals surface area contributed by atoms with Crippen LogP contribution in [0.25, 0.3) is 11.4 Å². The van der Waals surface area contributed by atoms with Gasteiger partial charge in [-0.25, -0.2) is 4.68 Å². The number of carbonyl (C=O) groups is 1. The van der Waals surface area contributed by atoms with Gasteiger partial charge in [0.05, 0.1) is 13.2 Å². The molecule has 0 radical (unpaired) electrons. The third kappa shape index (κ3) is 3.81. The van der Waals surface area contributed by atoms with Crippen LogP contribution in [0, 0.1) is 0 Å². The highest BCUT2D eigenvalue weighted by Gasteiger charge is 2.19. The molecule has 2 aromatic heterocycles. The average molecular weight is 369 g/mol. The van der Waals surface area contributed by atoms with Crippen LogP contribution in [0.4, 0.5) is 0 Å². The molecule has 0 aliphatic rings. The Morgan fingerprint density at radius 3 is 2.70 bits per heavy atom. The van der Waals surface area contributed by atoms with Crippen molar-refractivity contribution in [2.75, 3.05) is 7.11 Å². The van der Waals surface area contributed by atoms with Crippen LogP contribution in [0.15, 0.2) is 30.6 Å². The Labute approximate surface area is 157 Å². The summed E-state index contributed by atoms with van der Waals surface area (Å²) in [7, 11) is 3.29. The number of amides is 1. The number of ether oxygens (including phenoxy) is 1. The molecule has 1 amide bonds. The summed E-state index contributed by atoms with van der Waals surface area (Å²) < 4.78 is 8.62. The van der Waals surface area contributed by atoms with Gasteiger partial charge in [0.25, 0.3) is 5.91 Å². The van der Waals surface area contributed by atoms with Gasteiger partial charge in [-0.05, 0) is 32.9 Å². The molecule has 27 heavy (non-hydrogen) atoms. The molecule has 142 valence electrons. The summed E-state index contributed by atoms with van der Waals surface area (Å²) in [6, 6.07) is 7.49. The van der Waals surface area contributed by atoms with Gasteiger partial charge in [0.15, 0.2) is 11.6 Å². The number of aromatic nitrogens is 6.